The van der Waals surface area contributed by atoms with E-state index in [1.165, 1.54) is 6.07 Å². The van der Waals surface area contributed by atoms with E-state index in [9.17, 15) is 4.39 Å². The fraction of sp³-hybridized carbons (Fsp3) is 0.467. The molecular weight excluding hydrogens is 243 g/mol. The summed E-state index contributed by atoms with van der Waals surface area (Å²) in [6, 6.07) is 4.94. The van der Waals surface area contributed by atoms with E-state index in [-0.39, 0.29) is 10.9 Å². The van der Waals surface area contributed by atoms with Gasteiger partial charge in [0.25, 0.3) is 0 Å². The second kappa shape index (κ2) is 4.23. The third kappa shape index (κ3) is 2.37. The zero-order valence-corrected chi connectivity index (χ0v) is 12.8. The van der Waals surface area contributed by atoms with Crippen LogP contribution in [0.15, 0.2) is 24.3 Å². The van der Waals surface area contributed by atoms with Crippen molar-refractivity contribution in [2.24, 2.45) is 0 Å². The fourth-order valence-electron chi connectivity index (χ4n) is 1.81. The molecule has 0 unspecified atom stereocenters. The first-order valence-corrected chi connectivity index (χ1v) is 9.29. The molecule has 0 bridgehead atoms. The van der Waals surface area contributed by atoms with E-state index in [1.807, 2.05) is 6.07 Å². The third-order valence-corrected chi connectivity index (χ3v) is 8.35. The van der Waals surface area contributed by atoms with E-state index in [4.69, 9.17) is 4.43 Å². The zero-order valence-electron chi connectivity index (χ0n) is 11.8. The number of hydrogen-bond donors (Lipinski definition) is 0. The minimum atomic E-state index is -1.81. The van der Waals surface area contributed by atoms with E-state index in [0.717, 1.165) is 23.3 Å². The lowest BCUT2D eigenvalue weighted by atomic mass is 10.1. The number of benzene rings is 1. The zero-order chi connectivity index (χ0) is 13.6. The normalized spacial score (nSPS) is 15.3. The summed E-state index contributed by atoms with van der Waals surface area (Å²) >= 11 is 0. The summed E-state index contributed by atoms with van der Waals surface area (Å²) in [5.74, 6) is 0.771. The van der Waals surface area contributed by atoms with Crippen LogP contribution >= 0.6 is 0 Å². The van der Waals surface area contributed by atoms with Crippen molar-refractivity contribution in [1.29, 1.82) is 0 Å². The lowest BCUT2D eigenvalue weighted by molar-refractivity contribution is 0.458. The Hall–Kier alpha value is -1.09. The Kier molecular flexibility index (Phi) is 3.14. The molecule has 0 spiro atoms. The molecule has 0 atom stereocenters. The van der Waals surface area contributed by atoms with Gasteiger partial charge >= 0.3 is 0 Å². The van der Waals surface area contributed by atoms with Crippen molar-refractivity contribution in [3.8, 4) is 0 Å². The van der Waals surface area contributed by atoms with E-state index in [1.54, 1.807) is 6.07 Å². The van der Waals surface area contributed by atoms with Gasteiger partial charge in [-0.3, -0.25) is 0 Å². The molecule has 1 nitrogen and oxygen atoms in total. The van der Waals surface area contributed by atoms with Gasteiger partial charge in [0.2, 0.25) is 8.32 Å². The second-order valence-corrected chi connectivity index (χ2v) is 11.2. The Morgan fingerprint density at radius 1 is 1.22 bits per heavy atom. The minimum absolute atomic E-state index is 0.171. The molecule has 0 aliphatic heterocycles. The van der Waals surface area contributed by atoms with Crippen molar-refractivity contribution in [3.05, 3.63) is 41.2 Å². The molecule has 98 valence electrons. The van der Waals surface area contributed by atoms with Crippen molar-refractivity contribution in [2.75, 3.05) is 0 Å². The van der Waals surface area contributed by atoms with Crippen LogP contribution in [0.4, 0.5) is 4.39 Å². The van der Waals surface area contributed by atoms with E-state index >= 15 is 0 Å². The summed E-state index contributed by atoms with van der Waals surface area (Å²) in [7, 11) is -1.81. The first-order chi connectivity index (χ1) is 8.21. The smallest absolute Gasteiger partial charge is 0.250 e. The molecule has 0 fully saturated rings. The molecule has 3 heteroatoms. The largest absolute Gasteiger partial charge is 0.543 e. The first-order valence-electron chi connectivity index (χ1n) is 6.39. The molecule has 0 heterocycles. The summed E-state index contributed by atoms with van der Waals surface area (Å²) in [4.78, 5) is 0. The Balaban J connectivity index is 2.25. The van der Waals surface area contributed by atoms with Gasteiger partial charge in [-0.25, -0.2) is 4.39 Å². The molecule has 1 aromatic rings. The van der Waals surface area contributed by atoms with Crippen LogP contribution in [0, 0.1) is 5.82 Å². The minimum Gasteiger partial charge on any atom is -0.543 e. The molecule has 1 aliphatic carbocycles. The predicted octanol–water partition coefficient (Wildman–Crippen LogP) is 4.74. The maximum atomic E-state index is 13.2. The van der Waals surface area contributed by atoms with Gasteiger partial charge in [-0.2, -0.15) is 0 Å². The van der Waals surface area contributed by atoms with Crippen LogP contribution in [0.1, 0.15) is 31.9 Å². The number of halogens is 1. The van der Waals surface area contributed by atoms with Crippen LogP contribution in [0.3, 0.4) is 0 Å². The lowest BCUT2D eigenvalue weighted by Crippen LogP contribution is -2.40. The van der Waals surface area contributed by atoms with Crippen LogP contribution in [0.2, 0.25) is 18.1 Å². The molecule has 0 aromatic heterocycles. The Morgan fingerprint density at radius 3 is 2.50 bits per heavy atom. The summed E-state index contributed by atoms with van der Waals surface area (Å²) < 4.78 is 19.5. The molecule has 0 radical (unpaired) electrons. The highest BCUT2D eigenvalue weighted by atomic mass is 28.4. The van der Waals surface area contributed by atoms with Gasteiger partial charge in [-0.1, -0.05) is 20.8 Å². The molecule has 1 aromatic carbocycles. The predicted molar refractivity (Wildman–Crippen MR) is 76.4 cm³/mol. The lowest BCUT2D eigenvalue weighted by Gasteiger charge is -2.37. The number of hydrogen-bond acceptors (Lipinski definition) is 1. The van der Waals surface area contributed by atoms with E-state index < -0.39 is 8.32 Å². The molecule has 2 rings (SSSR count). The SMILES string of the molecule is CC(C)(C)[Si](C)(C)OC1=CCc2cc(F)ccc21. The van der Waals surface area contributed by atoms with Crippen LogP contribution in [0.25, 0.3) is 5.76 Å². The first kappa shape index (κ1) is 13.3. The number of allylic oxidation sites excluding steroid dienone is 1. The summed E-state index contributed by atoms with van der Waals surface area (Å²) in [5, 5.41) is 0.177. The van der Waals surface area contributed by atoms with Crippen molar-refractivity contribution in [1.82, 2.24) is 0 Å². The van der Waals surface area contributed by atoms with Crippen molar-refractivity contribution < 1.29 is 8.82 Å². The maximum Gasteiger partial charge on any atom is 0.250 e. The van der Waals surface area contributed by atoms with Crippen molar-refractivity contribution in [3.63, 3.8) is 0 Å². The summed E-state index contributed by atoms with van der Waals surface area (Å²) in [6.45, 7) is 11.1. The van der Waals surface area contributed by atoms with Gasteiger partial charge < -0.3 is 4.43 Å². The van der Waals surface area contributed by atoms with Gasteiger partial charge in [0, 0.05) is 5.56 Å². The Bertz CT molecular complexity index is 498. The molecule has 0 saturated heterocycles. The molecular formula is C15H21FOSi. The molecule has 0 amide bonds. The average molecular weight is 264 g/mol. The quantitative estimate of drug-likeness (QED) is 0.701. The average Bonchev–Trinajstić information content (AvgIpc) is 2.58. The molecule has 1 aliphatic rings. The van der Waals surface area contributed by atoms with E-state index in [2.05, 4.69) is 39.9 Å². The van der Waals surface area contributed by atoms with Crippen LogP contribution in [-0.2, 0) is 10.8 Å². The summed E-state index contributed by atoms with van der Waals surface area (Å²) in [5.41, 5.74) is 2.09. The molecule has 18 heavy (non-hydrogen) atoms. The van der Waals surface area contributed by atoms with Gasteiger partial charge in [0.1, 0.15) is 11.6 Å². The van der Waals surface area contributed by atoms with Gasteiger partial charge in [-0.05, 0) is 54.4 Å². The van der Waals surface area contributed by atoms with Gasteiger partial charge in [0.15, 0.2) is 0 Å². The summed E-state index contributed by atoms with van der Waals surface area (Å²) in [6.07, 6.45) is 2.85. The Morgan fingerprint density at radius 2 is 1.89 bits per heavy atom. The number of rotatable bonds is 2. The van der Waals surface area contributed by atoms with Crippen LogP contribution in [-0.4, -0.2) is 8.32 Å². The highest BCUT2D eigenvalue weighted by Crippen LogP contribution is 2.41. The van der Waals surface area contributed by atoms with Crippen molar-refractivity contribution >= 4 is 14.1 Å². The third-order valence-electron chi connectivity index (χ3n) is 4.01. The van der Waals surface area contributed by atoms with Gasteiger partial charge in [0.05, 0.1) is 0 Å². The maximum absolute atomic E-state index is 13.2. The molecule has 0 saturated carbocycles. The fourth-order valence-corrected chi connectivity index (χ4v) is 2.86. The topological polar surface area (TPSA) is 9.23 Å². The highest BCUT2D eigenvalue weighted by Gasteiger charge is 2.40. The van der Waals surface area contributed by atoms with Crippen LogP contribution < -0.4 is 0 Å². The standard InChI is InChI=1S/C15H21FOSi/c1-15(2,3)18(4,5)17-14-9-6-11-10-12(16)7-8-13(11)14/h7-10H,6H2,1-5H3. The molecule has 0 N–H and O–H groups in total. The highest BCUT2D eigenvalue weighted by molar-refractivity contribution is 6.74. The van der Waals surface area contributed by atoms with Crippen LogP contribution in [0.5, 0.6) is 0 Å². The Labute approximate surface area is 110 Å². The van der Waals surface area contributed by atoms with Crippen molar-refractivity contribution in [2.45, 2.75) is 45.3 Å². The van der Waals surface area contributed by atoms with Gasteiger partial charge in [-0.15, -0.1) is 0 Å². The second-order valence-electron chi connectivity index (χ2n) is 6.44. The van der Waals surface area contributed by atoms with E-state index in [0.29, 0.717) is 0 Å². The monoisotopic (exact) mass is 264 g/mol. The number of fused-ring (bicyclic) bond motifs is 1.